The Hall–Kier alpha value is -1.03. The van der Waals surface area contributed by atoms with Gasteiger partial charge in [0, 0.05) is 37.1 Å². The van der Waals surface area contributed by atoms with Crippen molar-refractivity contribution in [1.29, 1.82) is 0 Å². The average Bonchev–Trinajstić information content (AvgIpc) is 2.61. The molecule has 0 spiro atoms. The van der Waals surface area contributed by atoms with Crippen LogP contribution >= 0.6 is 0 Å². The van der Waals surface area contributed by atoms with Crippen molar-refractivity contribution in [1.82, 2.24) is 5.32 Å². The summed E-state index contributed by atoms with van der Waals surface area (Å²) in [5, 5.41) is 42.8. The zero-order valence-corrected chi connectivity index (χ0v) is 17.9. The van der Waals surface area contributed by atoms with Crippen LogP contribution in [0.5, 0.6) is 0 Å². The topological polar surface area (TPSA) is 128 Å². The first-order valence-electron chi connectivity index (χ1n) is 10.3. The highest BCUT2D eigenvalue weighted by atomic mass is 16.6. The lowest BCUT2D eigenvalue weighted by atomic mass is 9.74. The second-order valence-electron chi connectivity index (χ2n) is 9.27. The molecule has 7 atom stereocenters. The van der Waals surface area contributed by atoms with Gasteiger partial charge < -0.3 is 35.2 Å². The van der Waals surface area contributed by atoms with Crippen LogP contribution in [0.3, 0.4) is 0 Å². The molecule has 0 bridgehead atoms. The Labute approximate surface area is 172 Å². The number of carbonyl (C=O) groups excluding carboxylic acids is 1. The van der Waals surface area contributed by atoms with Crippen molar-refractivity contribution in [3.8, 4) is 0 Å². The molecule has 8 heteroatoms. The predicted molar refractivity (Wildman–Crippen MR) is 107 cm³/mol. The number of hydrogen-bond donors (Lipinski definition) is 5. The quantitative estimate of drug-likeness (QED) is 0.382. The number of hydrogen-bond acceptors (Lipinski definition) is 7. The van der Waals surface area contributed by atoms with Crippen LogP contribution < -0.4 is 5.32 Å². The van der Waals surface area contributed by atoms with Crippen LogP contribution in [0.2, 0.25) is 0 Å². The number of aliphatic hydroxyl groups is 4. The molecule has 29 heavy (non-hydrogen) atoms. The highest BCUT2D eigenvalue weighted by Crippen LogP contribution is 2.39. The molecule has 2 aliphatic heterocycles. The van der Waals surface area contributed by atoms with E-state index in [1.807, 2.05) is 27.7 Å². The summed E-state index contributed by atoms with van der Waals surface area (Å²) in [5.41, 5.74) is 0.264. The van der Waals surface area contributed by atoms with E-state index in [2.05, 4.69) is 11.9 Å². The third kappa shape index (κ3) is 5.99. The maximum absolute atomic E-state index is 12.4. The van der Waals surface area contributed by atoms with E-state index in [0.29, 0.717) is 6.42 Å². The lowest BCUT2D eigenvalue weighted by Crippen LogP contribution is -2.54. The van der Waals surface area contributed by atoms with Gasteiger partial charge in [0.25, 0.3) is 0 Å². The first-order valence-corrected chi connectivity index (χ1v) is 10.3. The van der Waals surface area contributed by atoms with Crippen LogP contribution in [0.4, 0.5) is 0 Å². The molecular formula is C21H37NO7. The summed E-state index contributed by atoms with van der Waals surface area (Å²) < 4.78 is 11.7. The Morgan fingerprint density at radius 3 is 2.62 bits per heavy atom. The van der Waals surface area contributed by atoms with Crippen LogP contribution in [0.15, 0.2) is 12.2 Å². The van der Waals surface area contributed by atoms with Crippen molar-refractivity contribution < 1.29 is 34.7 Å². The Kier molecular flexibility index (Phi) is 7.86. The Bertz CT molecular complexity index is 596. The highest BCUT2D eigenvalue weighted by molar-refractivity contribution is 5.76. The molecule has 168 valence electrons. The molecule has 0 radical (unpaired) electrons. The Morgan fingerprint density at radius 1 is 1.38 bits per heavy atom. The highest BCUT2D eigenvalue weighted by Gasteiger charge is 2.45. The molecule has 5 N–H and O–H groups in total. The molecule has 0 unspecified atom stereocenters. The fraction of sp³-hybridized carbons (Fsp3) is 0.857. The predicted octanol–water partition coefficient (Wildman–Crippen LogP) is 0.470. The smallest absolute Gasteiger partial charge is 0.225 e. The minimum atomic E-state index is -1.57. The molecule has 2 heterocycles. The van der Waals surface area contributed by atoms with Gasteiger partial charge in [-0.1, -0.05) is 32.9 Å². The number of aliphatic hydroxyl groups excluding tert-OH is 3. The maximum Gasteiger partial charge on any atom is 0.225 e. The molecule has 0 saturated carbocycles. The average molecular weight is 416 g/mol. The minimum absolute atomic E-state index is 0.116. The molecule has 1 amide bonds. The SMILES string of the molecule is C=C1C[C@](O)(CC(=O)NC[C@@H]2C[C@@H](O)C(C)(C)[C@@H](C[C@H](O)CO)O2)O[C@H](C)[C@@H]1C. The van der Waals surface area contributed by atoms with Gasteiger partial charge in [0.05, 0.1) is 43.5 Å². The van der Waals surface area contributed by atoms with Crippen molar-refractivity contribution in [3.05, 3.63) is 12.2 Å². The van der Waals surface area contributed by atoms with Crippen LogP contribution in [0.25, 0.3) is 0 Å². The summed E-state index contributed by atoms with van der Waals surface area (Å²) in [5.74, 6) is -1.84. The zero-order valence-electron chi connectivity index (χ0n) is 17.9. The second kappa shape index (κ2) is 9.41. The largest absolute Gasteiger partial charge is 0.394 e. The molecule has 0 aromatic carbocycles. The van der Waals surface area contributed by atoms with Crippen molar-refractivity contribution >= 4 is 5.91 Å². The molecule has 8 nitrogen and oxygen atoms in total. The van der Waals surface area contributed by atoms with E-state index in [1.165, 1.54) is 0 Å². The fourth-order valence-electron chi connectivity index (χ4n) is 4.03. The molecule has 2 rings (SSSR count). The lowest BCUT2D eigenvalue weighted by molar-refractivity contribution is -0.248. The van der Waals surface area contributed by atoms with Crippen LogP contribution in [-0.2, 0) is 14.3 Å². The maximum atomic E-state index is 12.4. The third-order valence-corrected chi connectivity index (χ3v) is 6.45. The van der Waals surface area contributed by atoms with E-state index in [9.17, 15) is 20.1 Å². The van der Waals surface area contributed by atoms with Crippen LogP contribution in [0, 0.1) is 11.3 Å². The second-order valence-corrected chi connectivity index (χ2v) is 9.27. The summed E-state index contributed by atoms with van der Waals surface area (Å²) in [6, 6.07) is 0. The number of rotatable bonds is 7. The Morgan fingerprint density at radius 2 is 2.03 bits per heavy atom. The van der Waals surface area contributed by atoms with Gasteiger partial charge in [-0.2, -0.15) is 0 Å². The van der Waals surface area contributed by atoms with Gasteiger partial charge in [-0.05, 0) is 6.92 Å². The van der Waals surface area contributed by atoms with Crippen LogP contribution in [-0.4, -0.2) is 75.8 Å². The van der Waals surface area contributed by atoms with Gasteiger partial charge >= 0.3 is 0 Å². The zero-order chi connectivity index (χ0) is 22.0. The molecule has 0 aromatic heterocycles. The van der Waals surface area contributed by atoms with Gasteiger partial charge in [0.1, 0.15) is 0 Å². The van der Waals surface area contributed by atoms with E-state index in [0.717, 1.165) is 5.57 Å². The number of carbonyl (C=O) groups is 1. The lowest BCUT2D eigenvalue weighted by Gasteiger charge is -2.46. The summed E-state index contributed by atoms with van der Waals surface area (Å²) in [6.45, 7) is 11.3. The van der Waals surface area contributed by atoms with Gasteiger partial charge in [0.2, 0.25) is 5.91 Å². The summed E-state index contributed by atoms with van der Waals surface area (Å²) in [7, 11) is 0. The molecule has 0 aliphatic carbocycles. The first kappa shape index (κ1) is 24.2. The van der Waals surface area contributed by atoms with E-state index >= 15 is 0 Å². The molecule has 2 aliphatic rings. The van der Waals surface area contributed by atoms with Crippen molar-refractivity contribution in [2.75, 3.05) is 13.2 Å². The van der Waals surface area contributed by atoms with Gasteiger partial charge in [-0.15, -0.1) is 0 Å². The molecule has 2 fully saturated rings. The van der Waals surface area contributed by atoms with Gasteiger partial charge in [0.15, 0.2) is 5.79 Å². The van der Waals surface area contributed by atoms with E-state index < -0.39 is 35.6 Å². The van der Waals surface area contributed by atoms with Crippen molar-refractivity contribution in [3.63, 3.8) is 0 Å². The van der Waals surface area contributed by atoms with Gasteiger partial charge in [-0.3, -0.25) is 4.79 Å². The molecule has 0 aromatic rings. The van der Waals surface area contributed by atoms with E-state index in [1.54, 1.807) is 0 Å². The summed E-state index contributed by atoms with van der Waals surface area (Å²) >= 11 is 0. The fourth-order valence-corrected chi connectivity index (χ4v) is 4.03. The van der Waals surface area contributed by atoms with Crippen LogP contribution in [0.1, 0.15) is 53.4 Å². The van der Waals surface area contributed by atoms with Crippen molar-refractivity contribution in [2.24, 2.45) is 11.3 Å². The minimum Gasteiger partial charge on any atom is -0.394 e. The first-order chi connectivity index (χ1) is 13.4. The van der Waals surface area contributed by atoms with Gasteiger partial charge in [-0.25, -0.2) is 0 Å². The summed E-state index contributed by atoms with van der Waals surface area (Å²) in [6.07, 6.45) is -2.22. The molecular weight excluding hydrogens is 378 g/mol. The van der Waals surface area contributed by atoms with E-state index in [4.69, 9.17) is 14.6 Å². The number of nitrogens with one attached hydrogen (secondary N) is 1. The monoisotopic (exact) mass is 415 g/mol. The standard InChI is InChI=1S/C21H37NO7/c1-12-8-21(27,29-14(3)13(12)2)9-19(26)22-10-16-7-17(25)20(4,5)18(28-16)6-15(24)11-23/h13-18,23-25,27H,1,6-11H2,2-5H3,(H,22,26)/t13-,14-,15+,16+,17-,18-,21-/m1/s1. The normalized spacial score (nSPS) is 38.5. The van der Waals surface area contributed by atoms with Crippen molar-refractivity contribution in [2.45, 2.75) is 89.7 Å². The molecule has 2 saturated heterocycles. The van der Waals surface area contributed by atoms with E-state index in [-0.39, 0.29) is 50.3 Å². The number of amides is 1. The summed E-state index contributed by atoms with van der Waals surface area (Å²) in [4.78, 5) is 12.4. The Balaban J connectivity index is 1.90. The third-order valence-electron chi connectivity index (χ3n) is 6.45. The number of ether oxygens (including phenoxy) is 2.